The number of hydrogen-bond donors (Lipinski definition) is 2. The monoisotopic (exact) mass is 376 g/mol. The smallest absolute Gasteiger partial charge is 0.246 e. The summed E-state index contributed by atoms with van der Waals surface area (Å²) >= 11 is 0. The molecule has 0 atom stereocenters. The molecule has 0 saturated heterocycles. The molecule has 0 bridgehead atoms. The van der Waals surface area contributed by atoms with E-state index >= 15 is 0 Å². The maximum atomic E-state index is 11.5. The lowest BCUT2D eigenvalue weighted by atomic mass is 10.1. The molecule has 0 aromatic carbocycles. The number of Topliss-reactive ketones (excluding diaryl/α,β-unsaturated/α-hetero) is 1. The van der Waals surface area contributed by atoms with Crippen molar-refractivity contribution in [2.24, 2.45) is 5.92 Å². The highest BCUT2D eigenvalue weighted by Gasteiger charge is 2.06. The highest BCUT2D eigenvalue weighted by Crippen LogP contribution is 1.94. The van der Waals surface area contributed by atoms with Crippen molar-refractivity contribution in [1.82, 2.24) is 10.6 Å². The van der Waals surface area contributed by atoms with Gasteiger partial charge in [0.2, 0.25) is 5.91 Å². The zero-order valence-corrected chi connectivity index (χ0v) is 16.7. The van der Waals surface area contributed by atoms with Gasteiger partial charge in [-0.25, -0.2) is 0 Å². The first-order valence-electron chi connectivity index (χ1n) is 9.27. The average molecular weight is 376 g/mol. The van der Waals surface area contributed by atoms with Crippen LogP contribution in [-0.4, -0.2) is 83.7 Å². The number of hydrogen-bond acceptors (Lipinski definition) is 7. The summed E-state index contributed by atoms with van der Waals surface area (Å²) in [5, 5.41) is 5.94. The Labute approximate surface area is 157 Å². The molecule has 0 spiro atoms. The lowest BCUT2D eigenvalue weighted by Crippen LogP contribution is -2.31. The number of ether oxygens (including phenoxy) is 4. The van der Waals surface area contributed by atoms with Gasteiger partial charge in [0.1, 0.15) is 13.2 Å². The number of rotatable bonds is 18. The van der Waals surface area contributed by atoms with Crippen LogP contribution in [0.3, 0.4) is 0 Å². The summed E-state index contributed by atoms with van der Waals surface area (Å²) in [4.78, 5) is 22.8. The van der Waals surface area contributed by atoms with E-state index in [1.54, 1.807) is 0 Å². The van der Waals surface area contributed by atoms with Crippen molar-refractivity contribution >= 4 is 11.7 Å². The van der Waals surface area contributed by atoms with E-state index < -0.39 is 0 Å². The van der Waals surface area contributed by atoms with E-state index in [1.165, 1.54) is 0 Å². The number of carbonyl (C=O) groups excluding carboxylic acids is 2. The van der Waals surface area contributed by atoms with E-state index in [2.05, 4.69) is 24.5 Å². The number of ketones is 1. The van der Waals surface area contributed by atoms with Crippen molar-refractivity contribution in [3.63, 3.8) is 0 Å². The van der Waals surface area contributed by atoms with Gasteiger partial charge < -0.3 is 29.6 Å². The highest BCUT2D eigenvalue weighted by atomic mass is 16.5. The van der Waals surface area contributed by atoms with Crippen molar-refractivity contribution in [1.29, 1.82) is 0 Å². The molecule has 2 N–H and O–H groups in total. The van der Waals surface area contributed by atoms with Crippen LogP contribution >= 0.6 is 0 Å². The summed E-state index contributed by atoms with van der Waals surface area (Å²) in [5.41, 5.74) is 0. The molecule has 154 valence electrons. The van der Waals surface area contributed by atoms with Crippen molar-refractivity contribution in [2.45, 2.75) is 33.7 Å². The van der Waals surface area contributed by atoms with Gasteiger partial charge in [-0.3, -0.25) is 9.59 Å². The van der Waals surface area contributed by atoms with Crippen molar-refractivity contribution in [3.8, 4) is 0 Å². The van der Waals surface area contributed by atoms with Crippen molar-refractivity contribution < 1.29 is 28.5 Å². The van der Waals surface area contributed by atoms with Crippen LogP contribution in [0.5, 0.6) is 0 Å². The van der Waals surface area contributed by atoms with Crippen molar-refractivity contribution in [2.75, 3.05) is 65.9 Å². The zero-order chi connectivity index (χ0) is 19.6. The Kier molecular flexibility index (Phi) is 16.7. The van der Waals surface area contributed by atoms with Gasteiger partial charge in [0, 0.05) is 25.0 Å². The number of nitrogens with one attached hydrogen (secondary N) is 2. The fourth-order valence-corrected chi connectivity index (χ4v) is 1.68. The fourth-order valence-electron chi connectivity index (χ4n) is 1.68. The second-order valence-electron chi connectivity index (χ2n) is 6.41. The van der Waals surface area contributed by atoms with Gasteiger partial charge >= 0.3 is 0 Å². The molecule has 26 heavy (non-hydrogen) atoms. The van der Waals surface area contributed by atoms with E-state index in [-0.39, 0.29) is 30.8 Å². The Balaban J connectivity index is 3.26. The standard InChI is InChI=1S/C18H36N2O6/c1-15(2)17(21)13-25-11-9-24-8-6-20-18(22)14-26-12-10-23-7-5-19-16(3)4/h15-16,19H,5-14H2,1-4H3,(H,20,22). The molecule has 8 nitrogen and oxygen atoms in total. The van der Waals surface area contributed by atoms with Crippen LogP contribution in [0.1, 0.15) is 27.7 Å². The molecule has 1 amide bonds. The Morgan fingerprint density at radius 3 is 1.85 bits per heavy atom. The molecular formula is C18H36N2O6. The lowest BCUT2D eigenvalue weighted by Gasteiger charge is -2.09. The van der Waals surface area contributed by atoms with Gasteiger partial charge in [-0.05, 0) is 0 Å². The molecule has 0 saturated carbocycles. The first-order valence-corrected chi connectivity index (χ1v) is 9.27. The summed E-state index contributed by atoms with van der Waals surface area (Å²) in [6.45, 7) is 11.8. The Morgan fingerprint density at radius 2 is 1.27 bits per heavy atom. The second kappa shape index (κ2) is 17.4. The summed E-state index contributed by atoms with van der Waals surface area (Å²) in [6.07, 6.45) is 0. The van der Waals surface area contributed by atoms with Gasteiger partial charge in [0.25, 0.3) is 0 Å². The van der Waals surface area contributed by atoms with E-state index in [9.17, 15) is 9.59 Å². The highest BCUT2D eigenvalue weighted by molar-refractivity contribution is 5.81. The lowest BCUT2D eigenvalue weighted by molar-refractivity contribution is -0.128. The molecule has 0 fully saturated rings. The van der Waals surface area contributed by atoms with Crippen LogP contribution in [0, 0.1) is 5.92 Å². The van der Waals surface area contributed by atoms with E-state index in [4.69, 9.17) is 18.9 Å². The molecule has 0 aliphatic heterocycles. The molecule has 0 aliphatic rings. The quantitative estimate of drug-likeness (QED) is 0.334. The summed E-state index contributed by atoms with van der Waals surface area (Å²) in [6, 6.07) is 0.448. The molecule has 0 unspecified atom stereocenters. The molecule has 0 aromatic heterocycles. The molecule has 0 radical (unpaired) electrons. The minimum absolute atomic E-state index is 0.00797. The molecular weight excluding hydrogens is 340 g/mol. The Hall–Kier alpha value is -1.06. The summed E-state index contributed by atoms with van der Waals surface area (Å²) in [7, 11) is 0. The largest absolute Gasteiger partial charge is 0.378 e. The predicted molar refractivity (Wildman–Crippen MR) is 99.3 cm³/mol. The second-order valence-corrected chi connectivity index (χ2v) is 6.41. The van der Waals surface area contributed by atoms with Crippen LogP contribution in [0.25, 0.3) is 0 Å². The number of carbonyl (C=O) groups is 2. The van der Waals surface area contributed by atoms with Crippen LogP contribution < -0.4 is 10.6 Å². The zero-order valence-electron chi connectivity index (χ0n) is 16.7. The first-order chi connectivity index (χ1) is 12.4. The minimum Gasteiger partial charge on any atom is -0.378 e. The van der Waals surface area contributed by atoms with Crippen molar-refractivity contribution in [3.05, 3.63) is 0 Å². The topological polar surface area (TPSA) is 95.1 Å². The van der Waals surface area contributed by atoms with Gasteiger partial charge in [0.15, 0.2) is 5.78 Å². The normalized spacial score (nSPS) is 11.3. The summed E-state index contributed by atoms with van der Waals surface area (Å²) in [5.74, 6) is -0.120. The van der Waals surface area contributed by atoms with E-state index in [1.807, 2.05) is 13.8 Å². The average Bonchev–Trinajstić information content (AvgIpc) is 2.58. The molecule has 0 aromatic rings. The third kappa shape index (κ3) is 17.8. The van der Waals surface area contributed by atoms with E-state index in [0.717, 1.165) is 6.54 Å². The molecule has 8 heteroatoms. The fraction of sp³-hybridized carbons (Fsp3) is 0.889. The van der Waals surface area contributed by atoms with Crippen LogP contribution in [0.2, 0.25) is 0 Å². The Bertz CT molecular complexity index is 364. The molecule has 0 aliphatic carbocycles. The maximum absolute atomic E-state index is 11.5. The molecule has 0 heterocycles. The Morgan fingerprint density at radius 1 is 0.731 bits per heavy atom. The molecule has 0 rings (SSSR count). The van der Waals surface area contributed by atoms with Gasteiger partial charge in [-0.15, -0.1) is 0 Å². The van der Waals surface area contributed by atoms with Crippen LogP contribution in [0.15, 0.2) is 0 Å². The summed E-state index contributed by atoms with van der Waals surface area (Å²) < 4.78 is 21.1. The van der Waals surface area contributed by atoms with Crippen LogP contribution in [0.4, 0.5) is 0 Å². The SMILES string of the molecule is CC(C)NCCOCCOCC(=O)NCCOCCOCC(=O)C(C)C. The number of amides is 1. The maximum Gasteiger partial charge on any atom is 0.246 e. The van der Waals surface area contributed by atoms with Crippen LogP contribution in [-0.2, 0) is 28.5 Å². The minimum atomic E-state index is -0.186. The third-order valence-corrected chi connectivity index (χ3v) is 3.23. The first kappa shape index (κ1) is 24.9. The van der Waals surface area contributed by atoms with Gasteiger partial charge in [0.05, 0.1) is 39.6 Å². The van der Waals surface area contributed by atoms with Gasteiger partial charge in [-0.1, -0.05) is 27.7 Å². The predicted octanol–water partition coefficient (Wildman–Crippen LogP) is 0.392. The van der Waals surface area contributed by atoms with E-state index in [0.29, 0.717) is 52.2 Å². The third-order valence-electron chi connectivity index (χ3n) is 3.23. The van der Waals surface area contributed by atoms with Gasteiger partial charge in [-0.2, -0.15) is 0 Å².